The SMILES string of the molecule is CCCNCc1ccc(Br)cc1C(=O)O. The maximum absolute atomic E-state index is 11.0. The number of halogens is 1. The zero-order valence-electron chi connectivity index (χ0n) is 8.59. The van der Waals surface area contributed by atoms with Crippen molar-refractivity contribution in [1.82, 2.24) is 5.32 Å². The fourth-order valence-corrected chi connectivity index (χ4v) is 1.66. The van der Waals surface area contributed by atoms with E-state index in [1.165, 1.54) is 0 Å². The lowest BCUT2D eigenvalue weighted by Crippen LogP contribution is -2.16. The van der Waals surface area contributed by atoms with Gasteiger partial charge in [0.25, 0.3) is 0 Å². The molecule has 1 aromatic carbocycles. The standard InChI is InChI=1S/C11H14BrNO2/c1-2-5-13-7-8-3-4-9(12)6-10(8)11(14)15/h3-4,6,13H,2,5,7H2,1H3,(H,14,15). The number of carbonyl (C=O) groups is 1. The number of hydrogen-bond donors (Lipinski definition) is 2. The largest absolute Gasteiger partial charge is 0.478 e. The lowest BCUT2D eigenvalue weighted by molar-refractivity contribution is 0.0695. The number of aromatic carboxylic acids is 1. The van der Waals surface area contributed by atoms with Crippen molar-refractivity contribution in [2.75, 3.05) is 6.54 Å². The summed E-state index contributed by atoms with van der Waals surface area (Å²) >= 11 is 3.26. The molecule has 0 radical (unpaired) electrons. The van der Waals surface area contributed by atoms with Crippen molar-refractivity contribution in [2.24, 2.45) is 0 Å². The first-order valence-electron chi connectivity index (χ1n) is 4.87. The van der Waals surface area contributed by atoms with Gasteiger partial charge in [-0.25, -0.2) is 4.79 Å². The third-order valence-corrected chi connectivity index (χ3v) is 2.54. The van der Waals surface area contributed by atoms with Crippen LogP contribution in [0.5, 0.6) is 0 Å². The van der Waals surface area contributed by atoms with Crippen LogP contribution >= 0.6 is 15.9 Å². The molecule has 0 aliphatic heterocycles. The molecular weight excluding hydrogens is 258 g/mol. The van der Waals surface area contributed by atoms with E-state index in [4.69, 9.17) is 5.11 Å². The lowest BCUT2D eigenvalue weighted by Gasteiger charge is -2.07. The van der Waals surface area contributed by atoms with Gasteiger partial charge in [-0.1, -0.05) is 28.9 Å². The van der Waals surface area contributed by atoms with E-state index in [2.05, 4.69) is 28.2 Å². The first-order valence-corrected chi connectivity index (χ1v) is 5.67. The molecular formula is C11H14BrNO2. The second-order valence-corrected chi connectivity index (χ2v) is 4.20. The molecule has 82 valence electrons. The van der Waals surface area contributed by atoms with E-state index in [9.17, 15) is 4.79 Å². The van der Waals surface area contributed by atoms with Crippen LogP contribution in [-0.2, 0) is 6.54 Å². The summed E-state index contributed by atoms with van der Waals surface area (Å²) in [5.41, 5.74) is 1.17. The Morgan fingerprint density at radius 1 is 1.53 bits per heavy atom. The highest BCUT2D eigenvalue weighted by Crippen LogP contribution is 2.16. The third kappa shape index (κ3) is 3.64. The van der Waals surface area contributed by atoms with Crippen molar-refractivity contribution in [3.8, 4) is 0 Å². The molecule has 15 heavy (non-hydrogen) atoms. The smallest absolute Gasteiger partial charge is 0.336 e. The molecule has 0 heterocycles. The van der Waals surface area contributed by atoms with Crippen LogP contribution in [0.3, 0.4) is 0 Å². The lowest BCUT2D eigenvalue weighted by atomic mass is 10.1. The van der Waals surface area contributed by atoms with E-state index < -0.39 is 5.97 Å². The summed E-state index contributed by atoms with van der Waals surface area (Å²) < 4.78 is 0.791. The minimum absolute atomic E-state index is 0.355. The van der Waals surface area contributed by atoms with Gasteiger partial charge in [0, 0.05) is 11.0 Å². The number of benzene rings is 1. The van der Waals surface area contributed by atoms with E-state index in [-0.39, 0.29) is 0 Å². The van der Waals surface area contributed by atoms with Crippen LogP contribution in [0.4, 0.5) is 0 Å². The van der Waals surface area contributed by atoms with Crippen LogP contribution < -0.4 is 5.32 Å². The van der Waals surface area contributed by atoms with E-state index in [1.54, 1.807) is 6.07 Å². The highest BCUT2D eigenvalue weighted by molar-refractivity contribution is 9.10. The van der Waals surface area contributed by atoms with Crippen LogP contribution in [0, 0.1) is 0 Å². The van der Waals surface area contributed by atoms with E-state index in [1.807, 2.05) is 12.1 Å². The average molecular weight is 272 g/mol. The molecule has 0 amide bonds. The number of carboxylic acids is 1. The second kappa shape index (κ2) is 5.88. The molecule has 0 aromatic heterocycles. The molecule has 0 aliphatic rings. The summed E-state index contributed by atoms with van der Waals surface area (Å²) in [6.45, 7) is 3.57. The van der Waals surface area contributed by atoms with Gasteiger partial charge in [0.1, 0.15) is 0 Å². The fourth-order valence-electron chi connectivity index (χ4n) is 1.30. The normalized spacial score (nSPS) is 10.3. The molecule has 3 nitrogen and oxygen atoms in total. The zero-order valence-corrected chi connectivity index (χ0v) is 10.2. The molecule has 1 rings (SSSR count). The Morgan fingerprint density at radius 3 is 2.87 bits per heavy atom. The highest BCUT2D eigenvalue weighted by atomic mass is 79.9. The molecule has 0 atom stereocenters. The van der Waals surface area contributed by atoms with Crippen LogP contribution in [0.2, 0.25) is 0 Å². The summed E-state index contributed by atoms with van der Waals surface area (Å²) in [6.07, 6.45) is 1.04. The van der Waals surface area contributed by atoms with Crippen LogP contribution in [0.15, 0.2) is 22.7 Å². The Balaban J connectivity index is 2.81. The summed E-state index contributed by atoms with van der Waals surface area (Å²) in [5, 5.41) is 12.2. The van der Waals surface area contributed by atoms with Gasteiger partial charge in [-0.05, 0) is 30.7 Å². The monoisotopic (exact) mass is 271 g/mol. The topological polar surface area (TPSA) is 49.3 Å². The molecule has 4 heteroatoms. The molecule has 0 saturated carbocycles. The van der Waals surface area contributed by atoms with E-state index in [0.717, 1.165) is 23.0 Å². The van der Waals surface area contributed by atoms with Gasteiger partial charge >= 0.3 is 5.97 Å². The molecule has 0 fully saturated rings. The Bertz CT molecular complexity index is 352. The molecule has 0 saturated heterocycles. The second-order valence-electron chi connectivity index (χ2n) is 3.28. The van der Waals surface area contributed by atoms with Gasteiger partial charge in [-0.3, -0.25) is 0 Å². The summed E-state index contributed by atoms with van der Waals surface area (Å²) in [5.74, 6) is -0.885. The predicted octanol–water partition coefficient (Wildman–Crippen LogP) is 2.65. The number of carboxylic acid groups (broad SMARTS) is 1. The highest BCUT2D eigenvalue weighted by Gasteiger charge is 2.09. The van der Waals surface area contributed by atoms with Gasteiger partial charge in [0.05, 0.1) is 5.56 Å². The summed E-state index contributed by atoms with van der Waals surface area (Å²) in [6, 6.07) is 5.32. The molecule has 1 aromatic rings. The Morgan fingerprint density at radius 2 is 2.27 bits per heavy atom. The zero-order chi connectivity index (χ0) is 11.3. The minimum atomic E-state index is -0.885. The van der Waals surface area contributed by atoms with Gasteiger partial charge in [0.15, 0.2) is 0 Å². The predicted molar refractivity (Wildman–Crippen MR) is 63.1 cm³/mol. The Labute approximate surface area is 97.6 Å². The van der Waals surface area contributed by atoms with Crippen LogP contribution in [0.25, 0.3) is 0 Å². The number of hydrogen-bond acceptors (Lipinski definition) is 2. The van der Waals surface area contributed by atoms with Gasteiger partial charge in [-0.15, -0.1) is 0 Å². The molecule has 2 N–H and O–H groups in total. The molecule has 0 unspecified atom stereocenters. The maximum atomic E-state index is 11.0. The Hall–Kier alpha value is -0.870. The number of nitrogens with one attached hydrogen (secondary N) is 1. The van der Waals surface area contributed by atoms with Gasteiger partial charge < -0.3 is 10.4 Å². The van der Waals surface area contributed by atoms with E-state index >= 15 is 0 Å². The maximum Gasteiger partial charge on any atom is 0.336 e. The summed E-state index contributed by atoms with van der Waals surface area (Å²) in [4.78, 5) is 11.0. The third-order valence-electron chi connectivity index (χ3n) is 2.04. The fraction of sp³-hybridized carbons (Fsp3) is 0.364. The average Bonchev–Trinajstić information content (AvgIpc) is 2.20. The van der Waals surface area contributed by atoms with Crippen LogP contribution in [0.1, 0.15) is 29.3 Å². The van der Waals surface area contributed by atoms with E-state index in [0.29, 0.717) is 12.1 Å². The minimum Gasteiger partial charge on any atom is -0.478 e. The van der Waals surface area contributed by atoms with Crippen molar-refractivity contribution in [3.63, 3.8) is 0 Å². The molecule has 0 bridgehead atoms. The van der Waals surface area contributed by atoms with Crippen molar-refractivity contribution in [2.45, 2.75) is 19.9 Å². The number of rotatable bonds is 5. The molecule has 0 spiro atoms. The van der Waals surface area contributed by atoms with Crippen molar-refractivity contribution in [3.05, 3.63) is 33.8 Å². The Kier molecular flexibility index (Phi) is 4.78. The van der Waals surface area contributed by atoms with Crippen molar-refractivity contribution < 1.29 is 9.90 Å². The van der Waals surface area contributed by atoms with Crippen LogP contribution in [-0.4, -0.2) is 17.6 Å². The van der Waals surface area contributed by atoms with Crippen molar-refractivity contribution >= 4 is 21.9 Å². The van der Waals surface area contributed by atoms with Gasteiger partial charge in [-0.2, -0.15) is 0 Å². The summed E-state index contributed by atoms with van der Waals surface area (Å²) in [7, 11) is 0. The van der Waals surface area contributed by atoms with Gasteiger partial charge in [0.2, 0.25) is 0 Å². The first-order chi connectivity index (χ1) is 7.15. The van der Waals surface area contributed by atoms with Crippen molar-refractivity contribution in [1.29, 1.82) is 0 Å². The quantitative estimate of drug-likeness (QED) is 0.810. The molecule has 0 aliphatic carbocycles. The first kappa shape index (κ1) is 12.2.